The smallest absolute Gasteiger partial charge is 0.239 e. The van der Waals surface area contributed by atoms with Crippen LogP contribution in [-0.2, 0) is 9.59 Å². The molecule has 0 spiro atoms. The molecule has 0 aliphatic carbocycles. The fourth-order valence-corrected chi connectivity index (χ4v) is 8.55. The summed E-state index contributed by atoms with van der Waals surface area (Å²) in [6, 6.07) is 31.9. The molecule has 0 saturated heterocycles. The Kier molecular flexibility index (Phi) is 10.0. The van der Waals surface area contributed by atoms with Crippen molar-refractivity contribution in [3.63, 3.8) is 0 Å². The number of rotatable bonds is 12. The van der Waals surface area contributed by atoms with Gasteiger partial charge in [-0.25, -0.2) is 0 Å². The molecule has 36 heavy (non-hydrogen) atoms. The fraction of sp³-hybridized carbons (Fsp3) is 0.250. The summed E-state index contributed by atoms with van der Waals surface area (Å²) in [5.41, 5.74) is 5.34. The maximum absolute atomic E-state index is 12.6. The van der Waals surface area contributed by atoms with Gasteiger partial charge in [0.15, 0.2) is 5.96 Å². The zero-order valence-corrected chi connectivity index (χ0v) is 21.6. The molecular weight excluding hydrogens is 469 g/mol. The lowest BCUT2D eigenvalue weighted by molar-refractivity contribution is -0.123. The van der Waals surface area contributed by atoms with Gasteiger partial charge in [-0.2, -0.15) is 0 Å². The lowest BCUT2D eigenvalue weighted by Gasteiger charge is -2.27. The van der Waals surface area contributed by atoms with Gasteiger partial charge < -0.3 is 21.3 Å². The zero-order chi connectivity index (χ0) is 25.8. The molecule has 0 atom stereocenters. The van der Waals surface area contributed by atoms with Gasteiger partial charge in [-0.1, -0.05) is 54.6 Å². The summed E-state index contributed by atoms with van der Waals surface area (Å²) in [6.45, 7) is 0.684. The van der Waals surface area contributed by atoms with Gasteiger partial charge in [-0.3, -0.25) is 15.0 Å². The third-order valence-electron chi connectivity index (χ3n) is 6.05. The first-order valence-electron chi connectivity index (χ1n) is 12.1. The van der Waals surface area contributed by atoms with E-state index in [4.69, 9.17) is 11.1 Å². The molecule has 2 amide bonds. The normalized spacial score (nSPS) is 10.9. The molecule has 0 aromatic heterocycles. The highest BCUT2D eigenvalue weighted by molar-refractivity contribution is 7.95. The van der Waals surface area contributed by atoms with Gasteiger partial charge in [0.05, 0.1) is 12.7 Å². The molecular formula is C28H35N5O2P+. The molecule has 0 radical (unpaired) electrons. The summed E-state index contributed by atoms with van der Waals surface area (Å²) in [6.07, 6.45) is 2.04. The predicted octanol–water partition coefficient (Wildman–Crippen LogP) is 1.82. The lowest BCUT2D eigenvalue weighted by Crippen LogP contribution is -2.43. The van der Waals surface area contributed by atoms with Crippen LogP contribution >= 0.6 is 7.26 Å². The summed E-state index contributed by atoms with van der Waals surface area (Å²) < 4.78 is 0. The minimum atomic E-state index is -1.95. The second-order valence-corrected chi connectivity index (χ2v) is 12.2. The summed E-state index contributed by atoms with van der Waals surface area (Å²) in [5.74, 6) is -0.443. The predicted molar refractivity (Wildman–Crippen MR) is 150 cm³/mol. The monoisotopic (exact) mass is 504 g/mol. The average Bonchev–Trinajstić information content (AvgIpc) is 2.90. The fourth-order valence-electron chi connectivity index (χ4n) is 4.21. The van der Waals surface area contributed by atoms with Crippen LogP contribution in [0.2, 0.25) is 0 Å². The second kappa shape index (κ2) is 13.4. The van der Waals surface area contributed by atoms with Crippen LogP contribution in [0, 0.1) is 5.41 Å². The summed E-state index contributed by atoms with van der Waals surface area (Å²) in [4.78, 5) is 25.8. The van der Waals surface area contributed by atoms with Crippen LogP contribution in [0.15, 0.2) is 91.0 Å². The number of guanidine groups is 1. The van der Waals surface area contributed by atoms with Crippen molar-refractivity contribution in [3.8, 4) is 0 Å². The Morgan fingerprint density at radius 1 is 0.778 bits per heavy atom. The van der Waals surface area contributed by atoms with Gasteiger partial charge in [0.1, 0.15) is 23.2 Å². The number of benzene rings is 3. The summed E-state index contributed by atoms with van der Waals surface area (Å²) >= 11 is 0. The standard InChI is InChI=1S/C28H34N5O2P/c1-33(28(29)30)22-27(35)32-20-19-31-26(34)18-11-21-36(23-12-5-2-6-13-23,24-14-7-3-8-15-24)25-16-9-4-10-17-25/h2-10,12-17H,11,18-22H2,1H3,(H4-,29,30,31,32,34,35)/p+1. The maximum atomic E-state index is 12.6. The van der Waals surface area contributed by atoms with Gasteiger partial charge in [-0.05, 0) is 42.8 Å². The molecule has 3 aromatic rings. The van der Waals surface area contributed by atoms with Crippen LogP contribution in [-0.4, -0.2) is 55.5 Å². The first-order valence-corrected chi connectivity index (χ1v) is 14.0. The van der Waals surface area contributed by atoms with E-state index < -0.39 is 7.26 Å². The van der Waals surface area contributed by atoms with Crippen LogP contribution in [0.3, 0.4) is 0 Å². The van der Waals surface area contributed by atoms with Crippen molar-refractivity contribution in [3.05, 3.63) is 91.0 Å². The zero-order valence-electron chi connectivity index (χ0n) is 20.7. The van der Waals surface area contributed by atoms with Crippen molar-refractivity contribution in [2.75, 3.05) is 32.8 Å². The third kappa shape index (κ3) is 7.15. The van der Waals surface area contributed by atoms with Crippen LogP contribution in [0.5, 0.6) is 0 Å². The van der Waals surface area contributed by atoms with Crippen molar-refractivity contribution in [1.29, 1.82) is 5.41 Å². The number of likely N-dealkylation sites (N-methyl/N-ethyl adjacent to an activating group) is 1. The average molecular weight is 505 g/mol. The highest BCUT2D eigenvalue weighted by atomic mass is 31.2. The number of carbonyl (C=O) groups excluding carboxylic acids is 2. The Morgan fingerprint density at radius 2 is 1.19 bits per heavy atom. The van der Waals surface area contributed by atoms with Crippen molar-refractivity contribution in [1.82, 2.24) is 15.5 Å². The summed E-state index contributed by atoms with van der Waals surface area (Å²) in [7, 11) is -0.369. The van der Waals surface area contributed by atoms with E-state index in [0.717, 1.165) is 12.6 Å². The van der Waals surface area contributed by atoms with E-state index in [9.17, 15) is 9.59 Å². The molecule has 188 valence electrons. The van der Waals surface area contributed by atoms with Crippen LogP contribution < -0.4 is 32.3 Å². The Bertz CT molecular complexity index is 1030. The Labute approximate surface area is 213 Å². The highest BCUT2D eigenvalue weighted by Crippen LogP contribution is 2.55. The topological polar surface area (TPSA) is 111 Å². The number of nitrogens with zero attached hydrogens (tertiary/aromatic N) is 1. The van der Waals surface area contributed by atoms with Crippen LogP contribution in [0.4, 0.5) is 0 Å². The summed E-state index contributed by atoms with van der Waals surface area (Å²) in [5, 5.41) is 16.8. The molecule has 0 aliphatic rings. The van der Waals surface area contributed by atoms with Gasteiger partial charge in [-0.15, -0.1) is 0 Å². The second-order valence-electron chi connectivity index (χ2n) is 8.58. The van der Waals surface area contributed by atoms with E-state index in [-0.39, 0.29) is 24.3 Å². The van der Waals surface area contributed by atoms with E-state index in [2.05, 4.69) is 83.4 Å². The number of hydrogen-bond donors (Lipinski definition) is 4. The first-order chi connectivity index (χ1) is 17.4. The van der Waals surface area contributed by atoms with E-state index in [1.165, 1.54) is 20.8 Å². The van der Waals surface area contributed by atoms with E-state index in [0.29, 0.717) is 19.5 Å². The Hall–Kier alpha value is -3.70. The quantitative estimate of drug-likeness (QED) is 0.131. The van der Waals surface area contributed by atoms with Gasteiger partial charge >= 0.3 is 0 Å². The molecule has 0 bridgehead atoms. The Morgan fingerprint density at radius 3 is 1.61 bits per heavy atom. The minimum Gasteiger partial charge on any atom is -0.370 e. The molecule has 0 heterocycles. The molecule has 0 aliphatic heterocycles. The number of nitrogens with one attached hydrogen (secondary N) is 3. The van der Waals surface area contributed by atoms with Crippen molar-refractivity contribution >= 4 is 41.0 Å². The van der Waals surface area contributed by atoms with E-state index >= 15 is 0 Å². The van der Waals surface area contributed by atoms with Crippen molar-refractivity contribution in [2.45, 2.75) is 12.8 Å². The molecule has 0 saturated carbocycles. The molecule has 7 nitrogen and oxygen atoms in total. The molecule has 3 rings (SSSR count). The number of hydrogen-bond acceptors (Lipinski definition) is 3. The first kappa shape index (κ1) is 26.9. The van der Waals surface area contributed by atoms with E-state index in [1.807, 2.05) is 18.2 Å². The SMILES string of the molecule is CN(CC(=O)NCCNC(=O)CCC[P+](c1ccccc1)(c1ccccc1)c1ccccc1)C(=N)N. The van der Waals surface area contributed by atoms with Crippen LogP contribution in [0.1, 0.15) is 12.8 Å². The maximum Gasteiger partial charge on any atom is 0.239 e. The van der Waals surface area contributed by atoms with E-state index in [1.54, 1.807) is 7.05 Å². The number of nitrogens with two attached hydrogens (primary N) is 1. The molecule has 3 aromatic carbocycles. The Balaban J connectivity index is 1.64. The van der Waals surface area contributed by atoms with Crippen molar-refractivity contribution < 1.29 is 9.59 Å². The minimum absolute atomic E-state index is 0.00746. The molecule has 5 N–H and O–H groups in total. The number of carbonyl (C=O) groups is 2. The third-order valence-corrected chi connectivity index (χ3v) is 10.6. The lowest BCUT2D eigenvalue weighted by atomic mass is 10.3. The van der Waals surface area contributed by atoms with Gasteiger partial charge in [0, 0.05) is 26.6 Å². The number of amides is 2. The van der Waals surface area contributed by atoms with Crippen LogP contribution in [0.25, 0.3) is 0 Å². The van der Waals surface area contributed by atoms with Crippen molar-refractivity contribution in [2.24, 2.45) is 5.73 Å². The largest absolute Gasteiger partial charge is 0.370 e. The molecule has 0 unspecified atom stereocenters. The van der Waals surface area contributed by atoms with Gasteiger partial charge in [0.25, 0.3) is 0 Å². The molecule has 0 fully saturated rings. The highest BCUT2D eigenvalue weighted by Gasteiger charge is 2.44. The molecule has 8 heteroatoms. The van der Waals surface area contributed by atoms with Gasteiger partial charge in [0.2, 0.25) is 11.8 Å².